The van der Waals surface area contributed by atoms with Crippen LogP contribution in [0, 0.1) is 0 Å². The number of rotatable bonds is 5. The predicted molar refractivity (Wildman–Crippen MR) is 115 cm³/mol. The molecule has 2 aromatic rings. The van der Waals surface area contributed by atoms with Crippen LogP contribution < -0.4 is 15.8 Å². The van der Waals surface area contributed by atoms with Crippen molar-refractivity contribution in [3.05, 3.63) is 65.2 Å². The van der Waals surface area contributed by atoms with Gasteiger partial charge in [0.15, 0.2) is 5.96 Å². The van der Waals surface area contributed by atoms with Gasteiger partial charge >= 0.3 is 0 Å². The summed E-state index contributed by atoms with van der Waals surface area (Å²) in [4.78, 5) is 7.01. The third-order valence-electron chi connectivity index (χ3n) is 5.77. The fraction of sp³-hybridized carbons (Fsp3) is 0.435. The Morgan fingerprint density at radius 1 is 1.07 bits per heavy atom. The van der Waals surface area contributed by atoms with E-state index in [1.807, 2.05) is 24.3 Å². The Labute approximate surface area is 172 Å². The lowest BCUT2D eigenvalue weighted by Crippen LogP contribution is -2.37. The molecule has 0 saturated carbocycles. The summed E-state index contributed by atoms with van der Waals surface area (Å²) in [6.07, 6.45) is 2.42. The van der Waals surface area contributed by atoms with Crippen molar-refractivity contribution in [1.29, 1.82) is 0 Å². The molecule has 2 aliphatic heterocycles. The van der Waals surface area contributed by atoms with E-state index in [1.165, 1.54) is 11.1 Å². The smallest absolute Gasteiger partial charge is 0.189 e. The lowest BCUT2D eigenvalue weighted by molar-refractivity contribution is 0.0791. The van der Waals surface area contributed by atoms with Gasteiger partial charge in [0.2, 0.25) is 0 Å². The zero-order chi connectivity index (χ0) is 20.1. The molecular formula is C23H30N4O2. The topological polar surface area (TPSA) is 83.1 Å². The summed E-state index contributed by atoms with van der Waals surface area (Å²) in [5.41, 5.74) is 9.81. The van der Waals surface area contributed by atoms with E-state index in [4.69, 9.17) is 10.5 Å². The van der Waals surface area contributed by atoms with Crippen molar-refractivity contribution in [3.63, 3.8) is 0 Å². The van der Waals surface area contributed by atoms with E-state index in [1.54, 1.807) is 0 Å². The summed E-state index contributed by atoms with van der Waals surface area (Å²) in [7, 11) is 0. The molecule has 0 radical (unpaired) electrons. The molecule has 6 nitrogen and oxygen atoms in total. The van der Waals surface area contributed by atoms with Crippen LogP contribution in [0.4, 0.5) is 0 Å². The highest BCUT2D eigenvalue weighted by Crippen LogP contribution is 2.31. The van der Waals surface area contributed by atoms with Gasteiger partial charge in [0.1, 0.15) is 5.75 Å². The van der Waals surface area contributed by atoms with Gasteiger partial charge in [0.25, 0.3) is 0 Å². The molecule has 1 fully saturated rings. The highest BCUT2D eigenvalue weighted by Gasteiger charge is 2.21. The Morgan fingerprint density at radius 3 is 2.62 bits per heavy atom. The van der Waals surface area contributed by atoms with Crippen molar-refractivity contribution in [2.24, 2.45) is 10.7 Å². The monoisotopic (exact) mass is 394 g/mol. The van der Waals surface area contributed by atoms with E-state index < -0.39 is 0 Å². The quantitative estimate of drug-likeness (QED) is 0.536. The number of benzene rings is 2. The van der Waals surface area contributed by atoms with Gasteiger partial charge < -0.3 is 20.9 Å². The summed E-state index contributed by atoms with van der Waals surface area (Å²) < 4.78 is 5.72. The Balaban J connectivity index is 1.39. The number of nitrogens with zero attached hydrogens (tertiary/aromatic N) is 2. The molecule has 2 heterocycles. The second-order valence-corrected chi connectivity index (χ2v) is 7.85. The van der Waals surface area contributed by atoms with Gasteiger partial charge in [-0.25, -0.2) is 4.99 Å². The zero-order valence-corrected chi connectivity index (χ0v) is 16.8. The van der Waals surface area contributed by atoms with Crippen molar-refractivity contribution in [3.8, 4) is 5.75 Å². The molecule has 4 N–H and O–H groups in total. The third-order valence-corrected chi connectivity index (χ3v) is 5.77. The highest BCUT2D eigenvalue weighted by atomic mass is 16.5. The molecule has 1 atom stereocenters. The van der Waals surface area contributed by atoms with Crippen LogP contribution in [-0.4, -0.2) is 41.8 Å². The van der Waals surface area contributed by atoms with Crippen molar-refractivity contribution in [2.75, 3.05) is 19.7 Å². The number of aliphatic imine (C=N–C) groups is 1. The summed E-state index contributed by atoms with van der Waals surface area (Å²) in [5.74, 6) is 1.38. The molecule has 0 aliphatic carbocycles. The van der Waals surface area contributed by atoms with Crippen molar-refractivity contribution in [1.82, 2.24) is 10.2 Å². The van der Waals surface area contributed by atoms with Gasteiger partial charge in [-0.2, -0.15) is 0 Å². The molecule has 0 bridgehead atoms. The van der Waals surface area contributed by atoms with E-state index in [2.05, 4.69) is 39.5 Å². The third kappa shape index (κ3) is 5.08. The Hall–Kier alpha value is -2.57. The second kappa shape index (κ2) is 9.29. The number of aliphatic hydroxyl groups is 1. The number of likely N-dealkylation sites (tertiary alicyclic amines) is 1. The summed E-state index contributed by atoms with van der Waals surface area (Å²) in [5, 5.41) is 13.1. The molecule has 1 saturated heterocycles. The minimum Gasteiger partial charge on any atom is -0.493 e. The standard InChI is InChI=1S/C23H30N4O2/c24-23(26-21-11-14-29-22-8-4-3-7-20(21)22)25-15-17-5-1-2-6-18(17)16-27-12-9-19(28)10-13-27/h1-8,19,21,28H,9-16H2,(H3,24,25,26). The fourth-order valence-corrected chi connectivity index (χ4v) is 4.07. The number of nitrogens with one attached hydrogen (secondary N) is 1. The highest BCUT2D eigenvalue weighted by molar-refractivity contribution is 5.78. The second-order valence-electron chi connectivity index (χ2n) is 7.85. The van der Waals surface area contributed by atoms with Crippen LogP contribution in [0.2, 0.25) is 0 Å². The SMILES string of the molecule is NC(=NCc1ccccc1CN1CCC(O)CC1)NC1CCOc2ccccc21. The molecule has 2 aliphatic rings. The van der Waals surface area contributed by atoms with Crippen LogP contribution in [0.25, 0.3) is 0 Å². The Kier molecular flexibility index (Phi) is 6.32. The largest absolute Gasteiger partial charge is 0.493 e. The van der Waals surface area contributed by atoms with E-state index in [0.717, 1.165) is 50.2 Å². The molecule has 4 rings (SSSR count). The van der Waals surface area contributed by atoms with Gasteiger partial charge in [-0.05, 0) is 30.0 Å². The van der Waals surface area contributed by atoms with Crippen LogP contribution in [0.5, 0.6) is 5.75 Å². The first kappa shape index (κ1) is 19.7. The first-order valence-corrected chi connectivity index (χ1v) is 10.4. The number of ether oxygens (including phenoxy) is 1. The number of guanidine groups is 1. The summed E-state index contributed by atoms with van der Waals surface area (Å²) in [6, 6.07) is 16.6. The van der Waals surface area contributed by atoms with Gasteiger partial charge in [-0.3, -0.25) is 4.90 Å². The number of piperidine rings is 1. The van der Waals surface area contributed by atoms with Gasteiger partial charge in [0, 0.05) is 31.6 Å². The zero-order valence-electron chi connectivity index (χ0n) is 16.8. The number of aliphatic hydroxyl groups excluding tert-OH is 1. The maximum Gasteiger partial charge on any atom is 0.189 e. The average Bonchev–Trinajstić information content (AvgIpc) is 2.75. The van der Waals surface area contributed by atoms with Crippen molar-refractivity contribution >= 4 is 5.96 Å². The normalized spacial score (nSPS) is 20.7. The summed E-state index contributed by atoms with van der Waals surface area (Å²) in [6.45, 7) is 3.99. The molecule has 1 unspecified atom stereocenters. The molecule has 2 aromatic carbocycles. The minimum atomic E-state index is -0.146. The minimum absolute atomic E-state index is 0.124. The van der Waals surface area contributed by atoms with Gasteiger partial charge in [0.05, 0.1) is 25.3 Å². The van der Waals surface area contributed by atoms with Gasteiger partial charge in [-0.1, -0.05) is 42.5 Å². The molecular weight excluding hydrogens is 364 g/mol. The molecule has 6 heteroatoms. The maximum absolute atomic E-state index is 9.72. The number of hydrogen-bond acceptors (Lipinski definition) is 4. The Bertz CT molecular complexity index is 846. The first-order valence-electron chi connectivity index (χ1n) is 10.4. The van der Waals surface area contributed by atoms with Crippen LogP contribution in [0.15, 0.2) is 53.5 Å². The van der Waals surface area contributed by atoms with Crippen molar-refractivity contribution < 1.29 is 9.84 Å². The average molecular weight is 395 g/mol. The number of hydrogen-bond donors (Lipinski definition) is 3. The number of para-hydroxylation sites is 1. The lowest BCUT2D eigenvalue weighted by atomic mass is 10.0. The Morgan fingerprint density at radius 2 is 1.79 bits per heavy atom. The van der Waals surface area contributed by atoms with Crippen LogP contribution in [0.1, 0.15) is 42.0 Å². The van der Waals surface area contributed by atoms with E-state index in [9.17, 15) is 5.11 Å². The predicted octanol–water partition coefficient (Wildman–Crippen LogP) is 2.57. The van der Waals surface area contributed by atoms with E-state index in [-0.39, 0.29) is 12.1 Å². The lowest BCUT2D eigenvalue weighted by Gasteiger charge is -2.30. The molecule has 29 heavy (non-hydrogen) atoms. The molecule has 154 valence electrons. The number of nitrogens with two attached hydrogens (primary N) is 1. The van der Waals surface area contributed by atoms with Crippen molar-refractivity contribution in [2.45, 2.75) is 44.5 Å². The molecule has 0 amide bonds. The first-order chi connectivity index (χ1) is 14.2. The van der Waals surface area contributed by atoms with E-state index in [0.29, 0.717) is 19.1 Å². The summed E-state index contributed by atoms with van der Waals surface area (Å²) >= 11 is 0. The number of fused-ring (bicyclic) bond motifs is 1. The maximum atomic E-state index is 9.72. The van der Waals surface area contributed by atoms with Gasteiger partial charge in [-0.15, -0.1) is 0 Å². The van der Waals surface area contributed by atoms with Crippen LogP contribution in [0.3, 0.4) is 0 Å². The molecule has 0 aromatic heterocycles. The van der Waals surface area contributed by atoms with E-state index >= 15 is 0 Å². The van der Waals surface area contributed by atoms with Crippen LogP contribution >= 0.6 is 0 Å². The fourth-order valence-electron chi connectivity index (χ4n) is 4.07. The molecule has 0 spiro atoms. The van der Waals surface area contributed by atoms with Crippen LogP contribution in [-0.2, 0) is 13.1 Å².